The molecule has 0 heterocycles. The zero-order valence-electron chi connectivity index (χ0n) is 12.2. The maximum absolute atomic E-state index is 10.3. The molecule has 4 heteroatoms. The van der Waals surface area contributed by atoms with E-state index in [0.717, 1.165) is 19.3 Å². The van der Waals surface area contributed by atoms with Gasteiger partial charge in [-0.3, -0.25) is 0 Å². The quantitative estimate of drug-likeness (QED) is 0.616. The molecule has 2 aromatic carbocycles. The first-order valence-corrected chi connectivity index (χ1v) is 6.69. The van der Waals surface area contributed by atoms with Gasteiger partial charge in [-0.1, -0.05) is 42.5 Å². The molecule has 0 radical (unpaired) electrons. The first-order valence-electron chi connectivity index (χ1n) is 6.69. The number of benzene rings is 2. The van der Waals surface area contributed by atoms with Crippen LogP contribution in [0.1, 0.15) is 17.5 Å². The van der Waals surface area contributed by atoms with E-state index >= 15 is 0 Å². The van der Waals surface area contributed by atoms with E-state index in [2.05, 4.69) is 24.3 Å². The summed E-state index contributed by atoms with van der Waals surface area (Å²) < 4.78 is 5.03. The van der Waals surface area contributed by atoms with Crippen LogP contribution in [0.2, 0.25) is 0 Å². The maximum atomic E-state index is 10.3. The molecule has 0 atom stereocenters. The Morgan fingerprint density at radius 2 is 1.48 bits per heavy atom. The van der Waals surface area contributed by atoms with E-state index in [-0.39, 0.29) is 51.4 Å². The first-order chi connectivity index (χ1) is 9.74. The minimum absolute atomic E-state index is 0. The molecule has 0 saturated carbocycles. The summed E-state index contributed by atoms with van der Waals surface area (Å²) in [5.41, 5.74) is 2.57. The fourth-order valence-corrected chi connectivity index (χ4v) is 2.04. The van der Waals surface area contributed by atoms with Gasteiger partial charge >= 0.3 is 51.4 Å². The molecule has 0 aromatic heterocycles. The summed E-state index contributed by atoms with van der Waals surface area (Å²) in [5, 5.41) is 10.3. The van der Waals surface area contributed by atoms with Crippen molar-refractivity contribution in [3.8, 4) is 5.75 Å². The van der Waals surface area contributed by atoms with Crippen LogP contribution in [-0.2, 0) is 17.6 Å². The molecule has 3 nitrogen and oxygen atoms in total. The van der Waals surface area contributed by atoms with E-state index in [1.807, 2.05) is 18.2 Å². The summed E-state index contributed by atoms with van der Waals surface area (Å²) in [7, 11) is 0. The third-order valence-corrected chi connectivity index (χ3v) is 3.05. The Kier molecular flexibility index (Phi) is 8.88. The Hall–Kier alpha value is -0.654. The number of carbonyl (C=O) groups is 1. The van der Waals surface area contributed by atoms with E-state index in [4.69, 9.17) is 4.74 Å². The van der Waals surface area contributed by atoms with Crippen molar-refractivity contribution in [2.75, 3.05) is 6.61 Å². The standard InChI is InChI=1S/C17H18O3.K/c18-17(19)13-20-16-11-9-15(10-12-16)8-4-7-14-5-2-1-3-6-14;/h1-3,5-6,9-12H,4,7-8,13H2,(H,18,19);/q;+1/p-1. The molecule has 0 fully saturated rings. The maximum Gasteiger partial charge on any atom is 1.00 e. The van der Waals surface area contributed by atoms with Gasteiger partial charge in [-0.2, -0.15) is 0 Å². The largest absolute Gasteiger partial charge is 1.00 e. The number of carboxylic acids is 1. The Morgan fingerprint density at radius 3 is 2.05 bits per heavy atom. The molecule has 0 amide bonds. The molecule has 2 rings (SSSR count). The molecule has 0 unspecified atom stereocenters. The molecule has 21 heavy (non-hydrogen) atoms. The van der Waals surface area contributed by atoms with Crippen molar-refractivity contribution in [3.63, 3.8) is 0 Å². The molecular weight excluding hydrogens is 291 g/mol. The molecule has 0 bridgehead atoms. The van der Waals surface area contributed by atoms with Crippen LogP contribution in [0.25, 0.3) is 0 Å². The average molecular weight is 308 g/mol. The first kappa shape index (κ1) is 18.4. The van der Waals surface area contributed by atoms with Gasteiger partial charge in [-0.05, 0) is 42.5 Å². The normalized spacial score (nSPS) is 9.71. The molecule has 0 N–H and O–H groups in total. The predicted molar refractivity (Wildman–Crippen MR) is 75.4 cm³/mol. The smallest absolute Gasteiger partial charge is 0.546 e. The summed E-state index contributed by atoms with van der Waals surface area (Å²) >= 11 is 0. The van der Waals surface area contributed by atoms with Crippen molar-refractivity contribution >= 4 is 5.97 Å². The van der Waals surface area contributed by atoms with Gasteiger partial charge in [0.1, 0.15) is 12.4 Å². The number of ether oxygens (including phenoxy) is 1. The Balaban J connectivity index is 0.00000220. The zero-order valence-corrected chi connectivity index (χ0v) is 15.4. The van der Waals surface area contributed by atoms with Crippen LogP contribution in [-0.4, -0.2) is 12.6 Å². The van der Waals surface area contributed by atoms with Crippen LogP contribution in [0, 0.1) is 0 Å². The van der Waals surface area contributed by atoms with E-state index in [9.17, 15) is 9.90 Å². The fraction of sp³-hybridized carbons (Fsp3) is 0.235. The van der Waals surface area contributed by atoms with Crippen molar-refractivity contribution < 1.29 is 66.0 Å². The summed E-state index contributed by atoms with van der Waals surface area (Å²) in [6, 6.07) is 17.9. The van der Waals surface area contributed by atoms with Gasteiger partial charge in [-0.15, -0.1) is 0 Å². The van der Waals surface area contributed by atoms with Crippen molar-refractivity contribution in [1.82, 2.24) is 0 Å². The Labute approximate surface area is 167 Å². The SMILES string of the molecule is O=C([O-])COc1ccc(CCCc2ccccc2)cc1.[K+]. The minimum Gasteiger partial charge on any atom is -0.546 e. The van der Waals surface area contributed by atoms with Crippen LogP contribution in [0.4, 0.5) is 0 Å². The molecule has 0 saturated heterocycles. The second-order valence-corrected chi connectivity index (χ2v) is 4.64. The monoisotopic (exact) mass is 308 g/mol. The van der Waals surface area contributed by atoms with E-state index in [0.29, 0.717) is 5.75 Å². The summed E-state index contributed by atoms with van der Waals surface area (Å²) in [5.74, 6) is -0.655. The number of aryl methyl sites for hydroxylation is 2. The molecule has 0 spiro atoms. The van der Waals surface area contributed by atoms with Crippen molar-refractivity contribution in [2.24, 2.45) is 0 Å². The Morgan fingerprint density at radius 1 is 0.905 bits per heavy atom. The fourth-order valence-electron chi connectivity index (χ4n) is 2.04. The Bertz CT molecular complexity index is 538. The van der Waals surface area contributed by atoms with Crippen LogP contribution in [0.5, 0.6) is 5.75 Å². The third kappa shape index (κ3) is 7.24. The molecule has 104 valence electrons. The van der Waals surface area contributed by atoms with Gasteiger partial charge in [-0.25, -0.2) is 0 Å². The van der Waals surface area contributed by atoms with Gasteiger partial charge in [0, 0.05) is 0 Å². The van der Waals surface area contributed by atoms with Crippen LogP contribution in [0.3, 0.4) is 0 Å². The van der Waals surface area contributed by atoms with Crippen LogP contribution >= 0.6 is 0 Å². The number of hydrogen-bond acceptors (Lipinski definition) is 3. The molecule has 0 aliphatic carbocycles. The average Bonchev–Trinajstić information content (AvgIpc) is 2.47. The minimum atomic E-state index is -1.21. The second kappa shape index (κ2) is 10.1. The second-order valence-electron chi connectivity index (χ2n) is 4.64. The number of rotatable bonds is 7. The molecule has 0 aliphatic heterocycles. The van der Waals surface area contributed by atoms with Crippen molar-refractivity contribution in [3.05, 3.63) is 65.7 Å². The number of hydrogen-bond donors (Lipinski definition) is 0. The van der Waals surface area contributed by atoms with Crippen molar-refractivity contribution in [1.29, 1.82) is 0 Å². The molecule has 2 aromatic rings. The number of carboxylic acid groups (broad SMARTS) is 1. The summed E-state index contributed by atoms with van der Waals surface area (Å²) in [4.78, 5) is 10.3. The van der Waals surface area contributed by atoms with Crippen LogP contribution in [0.15, 0.2) is 54.6 Å². The van der Waals surface area contributed by atoms with E-state index in [1.165, 1.54) is 11.1 Å². The van der Waals surface area contributed by atoms with E-state index < -0.39 is 12.6 Å². The van der Waals surface area contributed by atoms with Gasteiger partial charge in [0.05, 0.1) is 5.97 Å². The van der Waals surface area contributed by atoms with Gasteiger partial charge in [0.2, 0.25) is 0 Å². The summed E-state index contributed by atoms with van der Waals surface area (Å²) in [6.07, 6.45) is 3.14. The molecular formula is C17H17KO3. The van der Waals surface area contributed by atoms with Crippen LogP contribution < -0.4 is 61.2 Å². The predicted octanol–water partition coefficient (Wildman–Crippen LogP) is -1.01. The van der Waals surface area contributed by atoms with Gasteiger partial charge < -0.3 is 14.6 Å². The molecule has 0 aliphatic rings. The number of aliphatic carboxylic acids is 1. The van der Waals surface area contributed by atoms with Crippen molar-refractivity contribution in [2.45, 2.75) is 19.3 Å². The van der Waals surface area contributed by atoms with Gasteiger partial charge in [0.15, 0.2) is 0 Å². The number of carbonyl (C=O) groups excluding carboxylic acids is 1. The third-order valence-electron chi connectivity index (χ3n) is 3.05. The zero-order chi connectivity index (χ0) is 14.2. The van der Waals surface area contributed by atoms with E-state index in [1.54, 1.807) is 12.1 Å². The summed E-state index contributed by atoms with van der Waals surface area (Å²) in [6.45, 7) is -0.409. The topological polar surface area (TPSA) is 49.4 Å². The van der Waals surface area contributed by atoms with Gasteiger partial charge in [0.25, 0.3) is 0 Å².